The summed E-state index contributed by atoms with van der Waals surface area (Å²) in [6, 6.07) is 14.3. The van der Waals surface area contributed by atoms with Crippen LogP contribution in [0.3, 0.4) is 0 Å². The van der Waals surface area contributed by atoms with Crippen LogP contribution < -0.4 is 5.32 Å². The van der Waals surface area contributed by atoms with Crippen LogP contribution >= 0.6 is 11.8 Å². The molecule has 1 atom stereocenters. The fraction of sp³-hybridized carbons (Fsp3) is 0.294. The summed E-state index contributed by atoms with van der Waals surface area (Å²) in [5, 5.41) is 15.8. The number of hydrogen-bond acceptors (Lipinski definition) is 3. The molecule has 2 aromatic rings. The van der Waals surface area contributed by atoms with Crippen molar-refractivity contribution in [2.24, 2.45) is 0 Å². The van der Waals surface area contributed by atoms with Crippen molar-refractivity contribution in [1.29, 1.82) is 0 Å². The maximum Gasteiger partial charge on any atom is 0.0914 e. The van der Waals surface area contributed by atoms with Crippen molar-refractivity contribution in [3.63, 3.8) is 0 Å². The molecule has 0 saturated carbocycles. The van der Waals surface area contributed by atoms with E-state index in [9.17, 15) is 5.11 Å². The monoisotopic (exact) mass is 285 g/mol. The molecule has 0 spiro atoms. The minimum Gasteiger partial charge on any atom is -0.387 e. The zero-order valence-corrected chi connectivity index (χ0v) is 12.2. The Labute approximate surface area is 124 Å². The van der Waals surface area contributed by atoms with Crippen LogP contribution in [0, 0.1) is 12.3 Å². The minimum atomic E-state index is -0.475. The number of aliphatic hydroxyl groups excluding tert-OH is 1. The van der Waals surface area contributed by atoms with Crippen LogP contribution in [-0.2, 0) is 0 Å². The van der Waals surface area contributed by atoms with Crippen molar-refractivity contribution in [3.8, 4) is 12.3 Å². The molecule has 0 aromatic heterocycles. The number of hydrogen-bond donors (Lipinski definition) is 2. The van der Waals surface area contributed by atoms with Crippen LogP contribution in [0.25, 0.3) is 10.8 Å². The number of terminal acetylenes is 1. The summed E-state index contributed by atoms with van der Waals surface area (Å²) in [5.74, 6) is 4.31. The lowest BCUT2D eigenvalue weighted by Gasteiger charge is -2.13. The summed E-state index contributed by atoms with van der Waals surface area (Å²) in [5.41, 5.74) is 0.951. The lowest BCUT2D eigenvalue weighted by molar-refractivity contribution is 0.176. The third-order valence-corrected chi connectivity index (χ3v) is 3.97. The fourth-order valence-corrected chi connectivity index (χ4v) is 2.60. The van der Waals surface area contributed by atoms with Crippen LogP contribution in [0.4, 0.5) is 0 Å². The van der Waals surface area contributed by atoms with Gasteiger partial charge in [0.25, 0.3) is 0 Å². The van der Waals surface area contributed by atoms with Crippen molar-refractivity contribution >= 4 is 22.5 Å². The van der Waals surface area contributed by atoms with Gasteiger partial charge in [0.05, 0.1) is 11.9 Å². The van der Waals surface area contributed by atoms with E-state index in [4.69, 9.17) is 6.42 Å². The van der Waals surface area contributed by atoms with Crippen LogP contribution in [0.5, 0.6) is 0 Å². The minimum absolute atomic E-state index is 0.475. The highest BCUT2D eigenvalue weighted by Crippen LogP contribution is 2.19. The smallest absolute Gasteiger partial charge is 0.0914 e. The zero-order chi connectivity index (χ0) is 14.2. The SMILES string of the molecule is C#CCSCCNCC(O)c1ccc2ccccc2c1. The average Bonchev–Trinajstić information content (AvgIpc) is 2.50. The molecule has 2 rings (SSSR count). The van der Waals surface area contributed by atoms with Gasteiger partial charge in [0.15, 0.2) is 0 Å². The molecule has 0 bridgehead atoms. The van der Waals surface area contributed by atoms with E-state index in [0.29, 0.717) is 6.54 Å². The highest BCUT2D eigenvalue weighted by Gasteiger charge is 2.07. The Morgan fingerprint density at radius 1 is 1.20 bits per heavy atom. The molecule has 0 radical (unpaired) electrons. The third kappa shape index (κ3) is 4.28. The number of nitrogens with one attached hydrogen (secondary N) is 1. The van der Waals surface area contributed by atoms with Crippen molar-refractivity contribution in [2.45, 2.75) is 6.10 Å². The van der Waals surface area contributed by atoms with E-state index in [1.54, 1.807) is 11.8 Å². The molecule has 0 aliphatic carbocycles. The molecule has 0 fully saturated rings. The van der Waals surface area contributed by atoms with Gasteiger partial charge in [-0.3, -0.25) is 0 Å². The van der Waals surface area contributed by atoms with E-state index >= 15 is 0 Å². The van der Waals surface area contributed by atoms with Gasteiger partial charge in [-0.15, -0.1) is 18.2 Å². The molecule has 2 N–H and O–H groups in total. The molecular formula is C17H19NOS. The van der Waals surface area contributed by atoms with Gasteiger partial charge in [0, 0.05) is 18.8 Å². The van der Waals surface area contributed by atoms with E-state index in [1.165, 1.54) is 5.39 Å². The van der Waals surface area contributed by atoms with Gasteiger partial charge in [0.2, 0.25) is 0 Å². The first kappa shape index (κ1) is 14.9. The quantitative estimate of drug-likeness (QED) is 0.606. The largest absolute Gasteiger partial charge is 0.387 e. The molecule has 0 saturated heterocycles. The summed E-state index contributed by atoms with van der Waals surface area (Å²) in [4.78, 5) is 0. The predicted molar refractivity (Wildman–Crippen MR) is 87.9 cm³/mol. The Morgan fingerprint density at radius 3 is 2.80 bits per heavy atom. The van der Waals surface area contributed by atoms with Crippen molar-refractivity contribution in [1.82, 2.24) is 5.32 Å². The standard InChI is InChI=1S/C17H19NOS/c1-2-10-20-11-9-18-13-17(19)16-8-7-14-5-3-4-6-15(14)12-16/h1,3-8,12,17-19H,9-11,13H2. The normalized spacial score (nSPS) is 12.2. The van der Waals surface area contributed by atoms with Crippen LogP contribution in [0.15, 0.2) is 42.5 Å². The average molecular weight is 285 g/mol. The van der Waals surface area contributed by atoms with Crippen molar-refractivity contribution in [2.75, 3.05) is 24.6 Å². The van der Waals surface area contributed by atoms with Crippen LogP contribution in [0.2, 0.25) is 0 Å². The molecular weight excluding hydrogens is 266 g/mol. The van der Waals surface area contributed by atoms with Gasteiger partial charge >= 0.3 is 0 Å². The summed E-state index contributed by atoms with van der Waals surface area (Å²) in [6.07, 6.45) is 4.71. The topological polar surface area (TPSA) is 32.3 Å². The zero-order valence-electron chi connectivity index (χ0n) is 11.4. The van der Waals surface area contributed by atoms with Gasteiger partial charge in [-0.2, -0.15) is 0 Å². The Kier molecular flexibility index (Phi) is 5.94. The molecule has 0 amide bonds. The lowest BCUT2D eigenvalue weighted by atomic mass is 10.0. The van der Waals surface area contributed by atoms with E-state index in [2.05, 4.69) is 35.5 Å². The van der Waals surface area contributed by atoms with Gasteiger partial charge < -0.3 is 10.4 Å². The molecule has 3 heteroatoms. The van der Waals surface area contributed by atoms with Gasteiger partial charge in [-0.1, -0.05) is 42.3 Å². The van der Waals surface area contributed by atoms with Gasteiger partial charge in [-0.25, -0.2) is 0 Å². The molecule has 104 valence electrons. The molecule has 1 unspecified atom stereocenters. The number of rotatable bonds is 7. The van der Waals surface area contributed by atoms with E-state index < -0.39 is 6.10 Å². The molecule has 20 heavy (non-hydrogen) atoms. The summed E-state index contributed by atoms with van der Waals surface area (Å²) >= 11 is 1.72. The third-order valence-electron chi connectivity index (χ3n) is 3.10. The number of aliphatic hydroxyl groups is 1. The highest BCUT2D eigenvalue weighted by atomic mass is 32.2. The first-order valence-electron chi connectivity index (χ1n) is 6.70. The van der Waals surface area contributed by atoms with E-state index in [0.717, 1.165) is 29.0 Å². The fourth-order valence-electron chi connectivity index (χ4n) is 2.05. The summed E-state index contributed by atoms with van der Waals surface area (Å²) in [6.45, 7) is 1.42. The number of thioether (sulfide) groups is 1. The first-order chi connectivity index (χ1) is 9.81. The van der Waals surface area contributed by atoms with Gasteiger partial charge in [-0.05, 0) is 22.4 Å². The molecule has 0 aliphatic heterocycles. The summed E-state index contributed by atoms with van der Waals surface area (Å²) in [7, 11) is 0. The van der Waals surface area contributed by atoms with Crippen LogP contribution in [0.1, 0.15) is 11.7 Å². The Balaban J connectivity index is 1.84. The van der Waals surface area contributed by atoms with Crippen molar-refractivity contribution in [3.05, 3.63) is 48.0 Å². The van der Waals surface area contributed by atoms with E-state index in [-0.39, 0.29) is 0 Å². The Bertz CT molecular complexity index is 591. The lowest BCUT2D eigenvalue weighted by Crippen LogP contribution is -2.23. The predicted octanol–water partition coefficient (Wildman–Crippen LogP) is 2.83. The molecule has 0 heterocycles. The Hall–Kier alpha value is -1.47. The second kappa shape index (κ2) is 7.96. The first-order valence-corrected chi connectivity index (χ1v) is 7.85. The van der Waals surface area contributed by atoms with Gasteiger partial charge in [0.1, 0.15) is 0 Å². The number of fused-ring (bicyclic) bond motifs is 1. The summed E-state index contributed by atoms with van der Waals surface area (Å²) < 4.78 is 0. The highest BCUT2D eigenvalue weighted by molar-refractivity contribution is 7.99. The number of benzene rings is 2. The second-order valence-electron chi connectivity index (χ2n) is 4.58. The van der Waals surface area contributed by atoms with E-state index in [1.807, 2.05) is 18.2 Å². The van der Waals surface area contributed by atoms with Crippen molar-refractivity contribution < 1.29 is 5.11 Å². The molecule has 2 nitrogen and oxygen atoms in total. The van der Waals surface area contributed by atoms with Crippen LogP contribution in [-0.4, -0.2) is 29.7 Å². The molecule has 2 aromatic carbocycles. The maximum absolute atomic E-state index is 10.2. The second-order valence-corrected chi connectivity index (χ2v) is 5.69. The maximum atomic E-state index is 10.2. The molecule has 0 aliphatic rings. The Morgan fingerprint density at radius 2 is 2.00 bits per heavy atom.